The SMILES string of the molecule is Cc1cn([C@H]2C[C@@H](CN=[N+]=[N-])[C@@H](CO)O2)c(=O)[nH]c1=O. The Labute approximate surface area is 113 Å². The van der Waals surface area contributed by atoms with Gasteiger partial charge in [-0.15, -0.1) is 0 Å². The first-order valence-electron chi connectivity index (χ1n) is 6.16. The first-order chi connectivity index (χ1) is 9.56. The Kier molecular flexibility index (Phi) is 4.23. The second kappa shape index (κ2) is 5.91. The molecule has 1 aliphatic heterocycles. The highest BCUT2D eigenvalue weighted by molar-refractivity contribution is 5.02. The summed E-state index contributed by atoms with van der Waals surface area (Å²) in [6, 6.07) is 0. The van der Waals surface area contributed by atoms with Crippen LogP contribution in [0.25, 0.3) is 10.4 Å². The van der Waals surface area contributed by atoms with Crippen molar-refractivity contribution in [2.24, 2.45) is 11.0 Å². The van der Waals surface area contributed by atoms with Crippen molar-refractivity contribution in [3.63, 3.8) is 0 Å². The average molecular weight is 281 g/mol. The normalized spacial score (nSPS) is 25.4. The van der Waals surface area contributed by atoms with Gasteiger partial charge in [0.15, 0.2) is 0 Å². The molecule has 20 heavy (non-hydrogen) atoms. The Hall–Kier alpha value is -2.09. The number of nitrogens with zero attached hydrogens (tertiary/aromatic N) is 4. The van der Waals surface area contributed by atoms with Crippen LogP contribution in [0.3, 0.4) is 0 Å². The lowest BCUT2D eigenvalue weighted by atomic mass is 10.0. The van der Waals surface area contributed by atoms with Crippen LogP contribution in [0.2, 0.25) is 0 Å². The monoisotopic (exact) mass is 281 g/mol. The fourth-order valence-corrected chi connectivity index (χ4v) is 2.28. The summed E-state index contributed by atoms with van der Waals surface area (Å²) >= 11 is 0. The van der Waals surface area contributed by atoms with Crippen LogP contribution < -0.4 is 11.2 Å². The molecule has 9 nitrogen and oxygen atoms in total. The molecule has 2 N–H and O–H groups in total. The molecule has 1 aromatic heterocycles. The fraction of sp³-hybridized carbons (Fsp3) is 0.636. The average Bonchev–Trinajstić information content (AvgIpc) is 2.83. The molecule has 0 radical (unpaired) electrons. The number of aromatic amines is 1. The fourth-order valence-electron chi connectivity index (χ4n) is 2.28. The number of aromatic nitrogens is 2. The van der Waals surface area contributed by atoms with Crippen LogP contribution in [0.15, 0.2) is 20.9 Å². The van der Waals surface area contributed by atoms with Gasteiger partial charge in [0.2, 0.25) is 0 Å². The van der Waals surface area contributed by atoms with Crippen molar-refractivity contribution in [3.8, 4) is 0 Å². The van der Waals surface area contributed by atoms with Gasteiger partial charge in [-0.3, -0.25) is 14.3 Å². The van der Waals surface area contributed by atoms with Gasteiger partial charge in [0.25, 0.3) is 5.56 Å². The highest BCUT2D eigenvalue weighted by Crippen LogP contribution is 2.32. The van der Waals surface area contributed by atoms with Gasteiger partial charge in [0, 0.05) is 23.2 Å². The minimum atomic E-state index is -0.589. The Balaban J connectivity index is 2.27. The summed E-state index contributed by atoms with van der Waals surface area (Å²) in [6.45, 7) is 1.55. The van der Waals surface area contributed by atoms with Crippen LogP contribution in [-0.4, -0.2) is 33.9 Å². The predicted molar refractivity (Wildman–Crippen MR) is 69.2 cm³/mol. The van der Waals surface area contributed by atoms with E-state index in [1.807, 2.05) is 0 Å². The maximum atomic E-state index is 11.8. The number of H-pyrrole nitrogens is 1. The maximum Gasteiger partial charge on any atom is 0.330 e. The van der Waals surface area contributed by atoms with Crippen molar-refractivity contribution in [1.29, 1.82) is 0 Å². The van der Waals surface area contributed by atoms with Gasteiger partial charge >= 0.3 is 5.69 Å². The molecule has 0 aliphatic carbocycles. The lowest BCUT2D eigenvalue weighted by Crippen LogP contribution is -2.33. The summed E-state index contributed by atoms with van der Waals surface area (Å²) in [5.74, 6) is -0.167. The molecule has 1 aliphatic rings. The lowest BCUT2D eigenvalue weighted by Gasteiger charge is -2.15. The van der Waals surface area contributed by atoms with E-state index < -0.39 is 23.6 Å². The van der Waals surface area contributed by atoms with Crippen LogP contribution in [-0.2, 0) is 4.74 Å². The van der Waals surface area contributed by atoms with Crippen molar-refractivity contribution < 1.29 is 9.84 Å². The smallest absolute Gasteiger partial charge is 0.330 e. The molecule has 0 spiro atoms. The van der Waals surface area contributed by atoms with Crippen molar-refractivity contribution in [1.82, 2.24) is 9.55 Å². The van der Waals surface area contributed by atoms with Crippen LogP contribution in [0.4, 0.5) is 0 Å². The van der Waals surface area contributed by atoms with E-state index in [2.05, 4.69) is 15.0 Å². The first kappa shape index (κ1) is 14.3. The number of hydrogen-bond acceptors (Lipinski definition) is 5. The third-order valence-corrected chi connectivity index (χ3v) is 3.38. The minimum absolute atomic E-state index is 0.167. The van der Waals surface area contributed by atoms with Crippen molar-refractivity contribution in [2.45, 2.75) is 25.7 Å². The maximum absolute atomic E-state index is 11.8. The zero-order valence-electron chi connectivity index (χ0n) is 10.9. The number of azide groups is 1. The van der Waals surface area contributed by atoms with Gasteiger partial charge in [-0.05, 0) is 24.8 Å². The minimum Gasteiger partial charge on any atom is -0.394 e. The Morgan fingerprint density at radius 1 is 1.65 bits per heavy atom. The summed E-state index contributed by atoms with van der Waals surface area (Å²) in [7, 11) is 0. The lowest BCUT2D eigenvalue weighted by molar-refractivity contribution is -0.0320. The molecule has 2 rings (SSSR count). The van der Waals surface area contributed by atoms with Crippen LogP contribution in [0.5, 0.6) is 0 Å². The summed E-state index contributed by atoms with van der Waals surface area (Å²) < 4.78 is 6.88. The number of hydrogen-bond donors (Lipinski definition) is 2. The second-order valence-electron chi connectivity index (χ2n) is 4.70. The molecular weight excluding hydrogens is 266 g/mol. The summed E-state index contributed by atoms with van der Waals surface area (Å²) in [5.41, 5.74) is 7.74. The van der Waals surface area contributed by atoms with Crippen LogP contribution in [0, 0.1) is 12.8 Å². The number of rotatable bonds is 4. The van der Waals surface area contributed by atoms with E-state index in [1.54, 1.807) is 6.92 Å². The van der Waals surface area contributed by atoms with E-state index in [-0.39, 0.29) is 19.1 Å². The molecule has 0 aromatic carbocycles. The van der Waals surface area contributed by atoms with E-state index in [9.17, 15) is 14.7 Å². The topological polar surface area (TPSA) is 133 Å². The van der Waals surface area contributed by atoms with E-state index in [4.69, 9.17) is 10.3 Å². The largest absolute Gasteiger partial charge is 0.394 e. The highest BCUT2D eigenvalue weighted by atomic mass is 16.5. The molecule has 0 bridgehead atoms. The molecule has 108 valence electrons. The van der Waals surface area contributed by atoms with E-state index in [0.717, 1.165) is 0 Å². The molecule has 1 aromatic rings. The summed E-state index contributed by atoms with van der Waals surface area (Å²) in [5, 5.41) is 12.7. The zero-order chi connectivity index (χ0) is 14.7. The predicted octanol–water partition coefficient (Wildman–Crippen LogP) is 0.0513. The third-order valence-electron chi connectivity index (χ3n) is 3.38. The Morgan fingerprint density at radius 2 is 2.40 bits per heavy atom. The second-order valence-corrected chi connectivity index (χ2v) is 4.70. The number of aryl methyl sites for hydroxylation is 1. The third kappa shape index (κ3) is 2.74. The van der Waals surface area contributed by atoms with Gasteiger partial charge in [0.05, 0.1) is 12.7 Å². The molecule has 3 atom stereocenters. The van der Waals surface area contributed by atoms with E-state index in [1.165, 1.54) is 10.8 Å². The number of ether oxygens (including phenoxy) is 1. The van der Waals surface area contributed by atoms with E-state index >= 15 is 0 Å². The van der Waals surface area contributed by atoms with Crippen molar-refractivity contribution in [3.05, 3.63) is 43.0 Å². The molecule has 9 heteroatoms. The van der Waals surface area contributed by atoms with Crippen molar-refractivity contribution in [2.75, 3.05) is 13.2 Å². The standard InChI is InChI=1S/C11H15N5O4/c1-6-4-16(11(19)14-10(6)18)9-2-7(3-13-15-12)8(5-17)20-9/h4,7-9,17H,2-3,5H2,1H3,(H,14,18,19)/t7-,8+,9+/m0/s1. The van der Waals surface area contributed by atoms with Gasteiger partial charge in [-0.1, -0.05) is 5.11 Å². The Morgan fingerprint density at radius 3 is 3.05 bits per heavy atom. The zero-order valence-corrected chi connectivity index (χ0v) is 10.9. The van der Waals surface area contributed by atoms with Gasteiger partial charge in [0.1, 0.15) is 6.23 Å². The quantitative estimate of drug-likeness (QED) is 0.458. The molecule has 1 fully saturated rings. The highest BCUT2D eigenvalue weighted by Gasteiger charge is 2.35. The molecular formula is C11H15N5O4. The Bertz CT molecular complexity index is 645. The molecule has 0 unspecified atom stereocenters. The van der Waals surface area contributed by atoms with Crippen molar-refractivity contribution >= 4 is 0 Å². The molecule has 0 amide bonds. The summed E-state index contributed by atoms with van der Waals surface area (Å²) in [6.07, 6.45) is 0.769. The van der Waals surface area contributed by atoms with Gasteiger partial charge < -0.3 is 9.84 Å². The molecule has 1 saturated heterocycles. The molecule has 2 heterocycles. The number of aliphatic hydroxyl groups excluding tert-OH is 1. The molecule has 0 saturated carbocycles. The first-order valence-corrected chi connectivity index (χ1v) is 6.16. The summed E-state index contributed by atoms with van der Waals surface area (Å²) in [4.78, 5) is 28.0. The van der Waals surface area contributed by atoms with Gasteiger partial charge in [-0.25, -0.2) is 4.79 Å². The van der Waals surface area contributed by atoms with Crippen LogP contribution >= 0.6 is 0 Å². The number of nitrogens with one attached hydrogen (secondary N) is 1. The van der Waals surface area contributed by atoms with E-state index in [0.29, 0.717) is 12.0 Å². The van der Waals surface area contributed by atoms with Gasteiger partial charge in [-0.2, -0.15) is 0 Å². The number of aliphatic hydroxyl groups is 1. The van der Waals surface area contributed by atoms with Crippen LogP contribution in [0.1, 0.15) is 18.2 Å².